The van der Waals surface area contributed by atoms with Gasteiger partial charge in [-0.1, -0.05) is 24.2 Å². The van der Waals surface area contributed by atoms with E-state index in [1.54, 1.807) is 0 Å². The lowest BCUT2D eigenvalue weighted by atomic mass is 9.96. The van der Waals surface area contributed by atoms with E-state index in [2.05, 4.69) is 46.6 Å². The third kappa shape index (κ3) is 3.07. The van der Waals surface area contributed by atoms with Crippen molar-refractivity contribution in [2.24, 2.45) is 5.92 Å². The number of aryl methyl sites for hydroxylation is 1. The Labute approximate surface area is 119 Å². The van der Waals surface area contributed by atoms with Crippen LogP contribution < -0.4 is 5.32 Å². The van der Waals surface area contributed by atoms with Gasteiger partial charge in [-0.2, -0.15) is 4.98 Å². The molecule has 1 N–H and O–H groups in total. The SMILES string of the molecule is CCc1ccc(-c2nc(CC3CCCNC3)no2)cc1. The highest BCUT2D eigenvalue weighted by atomic mass is 16.5. The van der Waals surface area contributed by atoms with E-state index in [1.807, 2.05) is 0 Å². The van der Waals surface area contributed by atoms with Gasteiger partial charge in [-0.05, 0) is 56.0 Å². The fourth-order valence-electron chi connectivity index (χ4n) is 2.69. The van der Waals surface area contributed by atoms with E-state index in [1.165, 1.54) is 18.4 Å². The van der Waals surface area contributed by atoms with E-state index in [-0.39, 0.29) is 0 Å². The molecule has 1 aliphatic heterocycles. The first kappa shape index (κ1) is 13.3. The van der Waals surface area contributed by atoms with Crippen LogP contribution in [0.4, 0.5) is 0 Å². The van der Waals surface area contributed by atoms with Crippen LogP contribution >= 0.6 is 0 Å². The van der Waals surface area contributed by atoms with Crippen molar-refractivity contribution in [1.82, 2.24) is 15.5 Å². The molecule has 0 aliphatic carbocycles. The van der Waals surface area contributed by atoms with E-state index < -0.39 is 0 Å². The van der Waals surface area contributed by atoms with Crippen LogP contribution in [0.3, 0.4) is 0 Å². The normalized spacial score (nSPS) is 19.1. The van der Waals surface area contributed by atoms with Gasteiger partial charge < -0.3 is 9.84 Å². The van der Waals surface area contributed by atoms with Crippen LogP contribution in [-0.4, -0.2) is 23.2 Å². The molecule has 20 heavy (non-hydrogen) atoms. The van der Waals surface area contributed by atoms with Gasteiger partial charge in [-0.3, -0.25) is 0 Å². The molecule has 106 valence electrons. The van der Waals surface area contributed by atoms with Gasteiger partial charge in [0, 0.05) is 12.0 Å². The molecule has 0 saturated carbocycles. The summed E-state index contributed by atoms with van der Waals surface area (Å²) in [7, 11) is 0. The van der Waals surface area contributed by atoms with E-state index in [9.17, 15) is 0 Å². The Balaban J connectivity index is 1.68. The van der Waals surface area contributed by atoms with Gasteiger partial charge in [0.25, 0.3) is 5.89 Å². The molecule has 2 aromatic rings. The fraction of sp³-hybridized carbons (Fsp3) is 0.500. The van der Waals surface area contributed by atoms with Crippen LogP contribution in [-0.2, 0) is 12.8 Å². The van der Waals surface area contributed by atoms with Gasteiger partial charge in [0.2, 0.25) is 0 Å². The molecule has 1 aromatic heterocycles. The summed E-state index contributed by atoms with van der Waals surface area (Å²) in [6.45, 7) is 4.35. The van der Waals surface area contributed by atoms with Gasteiger partial charge in [0.1, 0.15) is 0 Å². The Kier molecular flexibility index (Phi) is 4.11. The fourth-order valence-corrected chi connectivity index (χ4v) is 2.69. The van der Waals surface area contributed by atoms with Crippen molar-refractivity contribution in [3.05, 3.63) is 35.7 Å². The highest BCUT2D eigenvalue weighted by Crippen LogP contribution is 2.20. The Morgan fingerprint density at radius 2 is 2.15 bits per heavy atom. The lowest BCUT2D eigenvalue weighted by molar-refractivity contribution is 0.360. The highest BCUT2D eigenvalue weighted by molar-refractivity contribution is 5.53. The zero-order valence-electron chi connectivity index (χ0n) is 11.9. The van der Waals surface area contributed by atoms with E-state index in [4.69, 9.17) is 4.52 Å². The number of aromatic nitrogens is 2. The van der Waals surface area contributed by atoms with Crippen LogP contribution in [0.5, 0.6) is 0 Å². The standard InChI is InChI=1S/C16H21N3O/c1-2-12-5-7-14(8-6-12)16-18-15(19-20-16)10-13-4-3-9-17-11-13/h5-8,13,17H,2-4,9-11H2,1H3. The molecule has 1 atom stereocenters. The summed E-state index contributed by atoms with van der Waals surface area (Å²) in [5.74, 6) is 2.09. The maximum absolute atomic E-state index is 5.38. The van der Waals surface area contributed by atoms with Crippen LogP contribution in [0.1, 0.15) is 31.2 Å². The second kappa shape index (κ2) is 6.18. The van der Waals surface area contributed by atoms with E-state index >= 15 is 0 Å². The Hall–Kier alpha value is -1.68. The summed E-state index contributed by atoms with van der Waals surface area (Å²) in [4.78, 5) is 4.52. The number of benzene rings is 1. The molecule has 0 spiro atoms. The first-order valence-electron chi connectivity index (χ1n) is 7.47. The second-order valence-electron chi connectivity index (χ2n) is 5.48. The lowest BCUT2D eigenvalue weighted by Gasteiger charge is -2.20. The smallest absolute Gasteiger partial charge is 0.257 e. The maximum atomic E-state index is 5.38. The molecule has 3 rings (SSSR count). The first-order valence-corrected chi connectivity index (χ1v) is 7.47. The summed E-state index contributed by atoms with van der Waals surface area (Å²) >= 11 is 0. The Bertz CT molecular complexity index is 541. The molecule has 4 heteroatoms. The third-order valence-corrected chi connectivity index (χ3v) is 3.95. The molecule has 0 radical (unpaired) electrons. The summed E-state index contributed by atoms with van der Waals surface area (Å²) in [5, 5.41) is 7.54. The highest BCUT2D eigenvalue weighted by Gasteiger charge is 2.17. The van der Waals surface area contributed by atoms with Crippen molar-refractivity contribution in [1.29, 1.82) is 0 Å². The largest absolute Gasteiger partial charge is 0.334 e. The van der Waals surface area contributed by atoms with Crippen LogP contribution in [0, 0.1) is 5.92 Å². The Morgan fingerprint density at radius 3 is 2.85 bits per heavy atom. The van der Waals surface area contributed by atoms with Gasteiger partial charge in [-0.25, -0.2) is 0 Å². The Morgan fingerprint density at radius 1 is 1.30 bits per heavy atom. The van der Waals surface area contributed by atoms with Crippen molar-refractivity contribution in [3.63, 3.8) is 0 Å². The summed E-state index contributed by atoms with van der Waals surface area (Å²) < 4.78 is 5.38. The number of rotatable bonds is 4. The topological polar surface area (TPSA) is 51.0 Å². The quantitative estimate of drug-likeness (QED) is 0.929. The predicted octanol–water partition coefficient (Wildman–Crippen LogP) is 2.84. The summed E-state index contributed by atoms with van der Waals surface area (Å²) in [6, 6.07) is 8.34. The number of nitrogens with zero attached hydrogens (tertiary/aromatic N) is 2. The number of piperidine rings is 1. The molecule has 1 unspecified atom stereocenters. The van der Waals surface area contributed by atoms with Gasteiger partial charge in [0.15, 0.2) is 5.82 Å². The molecule has 0 bridgehead atoms. The molecule has 1 aliphatic rings. The minimum Gasteiger partial charge on any atom is -0.334 e. The molecular weight excluding hydrogens is 250 g/mol. The minimum absolute atomic E-state index is 0.631. The number of nitrogens with one attached hydrogen (secondary N) is 1. The predicted molar refractivity (Wildman–Crippen MR) is 78.4 cm³/mol. The zero-order valence-corrected chi connectivity index (χ0v) is 11.9. The first-order chi connectivity index (χ1) is 9.85. The molecule has 1 fully saturated rings. The summed E-state index contributed by atoms with van der Waals surface area (Å²) in [6.07, 6.45) is 4.45. The van der Waals surface area contributed by atoms with Crippen LogP contribution in [0.15, 0.2) is 28.8 Å². The molecule has 0 amide bonds. The third-order valence-electron chi connectivity index (χ3n) is 3.95. The van der Waals surface area contributed by atoms with Crippen molar-refractivity contribution in [3.8, 4) is 11.5 Å². The molecule has 1 saturated heterocycles. The monoisotopic (exact) mass is 271 g/mol. The second-order valence-corrected chi connectivity index (χ2v) is 5.48. The molecule has 4 nitrogen and oxygen atoms in total. The van der Waals surface area contributed by atoms with Gasteiger partial charge in [0.05, 0.1) is 0 Å². The van der Waals surface area contributed by atoms with Crippen molar-refractivity contribution in [2.45, 2.75) is 32.6 Å². The van der Waals surface area contributed by atoms with Crippen LogP contribution in [0.2, 0.25) is 0 Å². The van der Waals surface area contributed by atoms with E-state index in [0.29, 0.717) is 11.8 Å². The number of hydrogen-bond donors (Lipinski definition) is 1. The van der Waals surface area contributed by atoms with Crippen molar-refractivity contribution < 1.29 is 4.52 Å². The van der Waals surface area contributed by atoms with Crippen molar-refractivity contribution in [2.75, 3.05) is 13.1 Å². The van der Waals surface area contributed by atoms with Gasteiger partial charge >= 0.3 is 0 Å². The average molecular weight is 271 g/mol. The molecule has 1 aromatic carbocycles. The lowest BCUT2D eigenvalue weighted by Crippen LogP contribution is -2.31. The number of hydrogen-bond acceptors (Lipinski definition) is 4. The van der Waals surface area contributed by atoms with E-state index in [0.717, 1.165) is 37.3 Å². The summed E-state index contributed by atoms with van der Waals surface area (Å²) in [5.41, 5.74) is 2.32. The minimum atomic E-state index is 0.631. The van der Waals surface area contributed by atoms with Crippen molar-refractivity contribution >= 4 is 0 Å². The zero-order chi connectivity index (χ0) is 13.8. The van der Waals surface area contributed by atoms with Crippen LogP contribution in [0.25, 0.3) is 11.5 Å². The average Bonchev–Trinajstić information content (AvgIpc) is 2.97. The maximum Gasteiger partial charge on any atom is 0.257 e. The van der Waals surface area contributed by atoms with Gasteiger partial charge in [-0.15, -0.1) is 0 Å². The molecular formula is C16H21N3O. The molecule has 2 heterocycles.